The van der Waals surface area contributed by atoms with Gasteiger partial charge < -0.3 is 19.3 Å². The highest BCUT2D eigenvalue weighted by atomic mass is 16.5. The Morgan fingerprint density at radius 1 is 1.26 bits per heavy atom. The van der Waals surface area contributed by atoms with E-state index in [1.165, 1.54) is 0 Å². The zero-order valence-corrected chi connectivity index (χ0v) is 11.3. The van der Waals surface area contributed by atoms with Crippen molar-refractivity contribution in [1.29, 1.82) is 0 Å². The molecule has 3 unspecified atom stereocenters. The molecule has 6 nitrogen and oxygen atoms in total. The molecule has 19 heavy (non-hydrogen) atoms. The highest BCUT2D eigenvalue weighted by molar-refractivity contribution is 5.03. The summed E-state index contributed by atoms with van der Waals surface area (Å²) in [6, 6.07) is 0.285. The zero-order chi connectivity index (χ0) is 13.1. The van der Waals surface area contributed by atoms with Crippen LogP contribution in [0.3, 0.4) is 0 Å². The lowest BCUT2D eigenvalue weighted by atomic mass is 10.0. The molecule has 3 atom stereocenters. The number of rotatable bonds is 5. The standard InChI is InChI=1S/C13H21N3O3/c1-2-14-11-8-18-7-10(11)13-15-12(16-19-13)5-9-3-4-17-6-9/h9-11,14H,2-8H2,1H3. The molecule has 0 aliphatic carbocycles. The molecular weight excluding hydrogens is 246 g/mol. The van der Waals surface area contributed by atoms with Crippen LogP contribution in [0.1, 0.15) is 31.0 Å². The monoisotopic (exact) mass is 267 g/mol. The van der Waals surface area contributed by atoms with E-state index in [1.807, 2.05) is 0 Å². The van der Waals surface area contributed by atoms with Crippen LogP contribution in [0, 0.1) is 5.92 Å². The fraction of sp³-hybridized carbons (Fsp3) is 0.846. The second-order valence-corrected chi connectivity index (χ2v) is 5.29. The van der Waals surface area contributed by atoms with Crippen LogP contribution in [0.25, 0.3) is 0 Å². The van der Waals surface area contributed by atoms with Gasteiger partial charge in [0.05, 0.1) is 19.1 Å². The van der Waals surface area contributed by atoms with Crippen molar-refractivity contribution in [2.45, 2.75) is 31.7 Å². The molecule has 106 valence electrons. The van der Waals surface area contributed by atoms with Crippen molar-refractivity contribution in [3.63, 3.8) is 0 Å². The summed E-state index contributed by atoms with van der Waals surface area (Å²) < 4.78 is 16.3. The number of aromatic nitrogens is 2. The van der Waals surface area contributed by atoms with E-state index in [0.717, 1.165) is 38.4 Å². The lowest BCUT2D eigenvalue weighted by Gasteiger charge is -2.13. The largest absolute Gasteiger partial charge is 0.381 e. The van der Waals surface area contributed by atoms with Gasteiger partial charge in [-0.05, 0) is 18.9 Å². The van der Waals surface area contributed by atoms with Gasteiger partial charge in [0.2, 0.25) is 5.89 Å². The Labute approximate surface area is 112 Å². The second kappa shape index (κ2) is 5.98. The van der Waals surface area contributed by atoms with Crippen molar-refractivity contribution in [1.82, 2.24) is 15.5 Å². The number of hydrogen-bond donors (Lipinski definition) is 1. The number of likely N-dealkylation sites (N-methyl/N-ethyl adjacent to an activating group) is 1. The average molecular weight is 267 g/mol. The van der Waals surface area contributed by atoms with Gasteiger partial charge in [-0.1, -0.05) is 12.1 Å². The maximum absolute atomic E-state index is 5.51. The maximum atomic E-state index is 5.51. The summed E-state index contributed by atoms with van der Waals surface area (Å²) in [4.78, 5) is 4.53. The molecule has 0 spiro atoms. The van der Waals surface area contributed by atoms with Gasteiger partial charge in [0.15, 0.2) is 5.82 Å². The van der Waals surface area contributed by atoms with E-state index in [9.17, 15) is 0 Å². The summed E-state index contributed by atoms with van der Waals surface area (Å²) in [5.74, 6) is 2.22. The zero-order valence-electron chi connectivity index (χ0n) is 11.3. The average Bonchev–Trinajstić information content (AvgIpc) is 3.11. The molecule has 2 aliphatic rings. The predicted molar refractivity (Wildman–Crippen MR) is 68.0 cm³/mol. The third-order valence-electron chi connectivity index (χ3n) is 3.84. The molecule has 1 aromatic heterocycles. The highest BCUT2D eigenvalue weighted by Crippen LogP contribution is 2.25. The van der Waals surface area contributed by atoms with Gasteiger partial charge in [0, 0.05) is 25.7 Å². The molecule has 3 rings (SSSR count). The minimum Gasteiger partial charge on any atom is -0.381 e. The Hall–Kier alpha value is -0.980. The van der Waals surface area contributed by atoms with Gasteiger partial charge in [-0.2, -0.15) is 4.98 Å². The number of ether oxygens (including phenoxy) is 2. The van der Waals surface area contributed by atoms with Crippen molar-refractivity contribution >= 4 is 0 Å². The van der Waals surface area contributed by atoms with Gasteiger partial charge in [-0.15, -0.1) is 0 Å². The molecule has 0 bridgehead atoms. The van der Waals surface area contributed by atoms with E-state index in [0.29, 0.717) is 25.0 Å². The van der Waals surface area contributed by atoms with E-state index in [2.05, 4.69) is 22.4 Å². The molecule has 0 radical (unpaired) electrons. The fourth-order valence-corrected chi connectivity index (χ4v) is 2.76. The molecule has 1 aromatic rings. The Balaban J connectivity index is 1.63. The third kappa shape index (κ3) is 2.96. The molecular formula is C13H21N3O3. The van der Waals surface area contributed by atoms with Crippen LogP contribution in [-0.2, 0) is 15.9 Å². The van der Waals surface area contributed by atoms with Crippen LogP contribution in [-0.4, -0.2) is 49.2 Å². The Morgan fingerprint density at radius 3 is 3.00 bits per heavy atom. The van der Waals surface area contributed by atoms with E-state index >= 15 is 0 Å². The first-order valence-corrected chi connectivity index (χ1v) is 7.08. The summed E-state index contributed by atoms with van der Waals surface area (Å²) in [5, 5.41) is 7.50. The van der Waals surface area contributed by atoms with Crippen LogP contribution in [0.2, 0.25) is 0 Å². The van der Waals surface area contributed by atoms with Crippen molar-refractivity contribution in [2.24, 2.45) is 5.92 Å². The van der Waals surface area contributed by atoms with Gasteiger partial charge >= 0.3 is 0 Å². The second-order valence-electron chi connectivity index (χ2n) is 5.29. The van der Waals surface area contributed by atoms with Gasteiger partial charge in [-0.25, -0.2) is 0 Å². The first-order chi connectivity index (χ1) is 9.36. The molecule has 3 heterocycles. The van der Waals surface area contributed by atoms with Crippen molar-refractivity contribution in [2.75, 3.05) is 33.0 Å². The van der Waals surface area contributed by atoms with E-state index in [4.69, 9.17) is 14.0 Å². The first-order valence-electron chi connectivity index (χ1n) is 7.08. The summed E-state index contributed by atoms with van der Waals surface area (Å²) in [5.41, 5.74) is 0. The SMILES string of the molecule is CCNC1COCC1c1nc(CC2CCOC2)no1. The summed E-state index contributed by atoms with van der Waals surface area (Å²) in [7, 11) is 0. The van der Waals surface area contributed by atoms with Gasteiger partial charge in [-0.3, -0.25) is 0 Å². The first kappa shape index (κ1) is 13.0. The predicted octanol–water partition coefficient (Wildman–Crippen LogP) is 0.740. The quantitative estimate of drug-likeness (QED) is 0.848. The van der Waals surface area contributed by atoms with E-state index in [1.54, 1.807) is 0 Å². The van der Waals surface area contributed by atoms with E-state index in [-0.39, 0.29) is 12.0 Å². The van der Waals surface area contributed by atoms with Gasteiger partial charge in [0.1, 0.15) is 0 Å². The molecule has 2 aliphatic heterocycles. The Bertz CT molecular complexity index is 404. The molecule has 0 saturated carbocycles. The van der Waals surface area contributed by atoms with Crippen LogP contribution < -0.4 is 5.32 Å². The van der Waals surface area contributed by atoms with Crippen LogP contribution >= 0.6 is 0 Å². The summed E-state index contributed by atoms with van der Waals surface area (Å²) in [6.45, 7) is 6.06. The lowest BCUT2D eigenvalue weighted by molar-refractivity contribution is 0.184. The molecule has 1 N–H and O–H groups in total. The van der Waals surface area contributed by atoms with Crippen molar-refractivity contribution in [3.05, 3.63) is 11.7 Å². The summed E-state index contributed by atoms with van der Waals surface area (Å²) >= 11 is 0. The highest BCUT2D eigenvalue weighted by Gasteiger charge is 2.33. The van der Waals surface area contributed by atoms with Crippen molar-refractivity contribution < 1.29 is 14.0 Å². The van der Waals surface area contributed by atoms with Crippen molar-refractivity contribution in [3.8, 4) is 0 Å². The smallest absolute Gasteiger partial charge is 0.233 e. The normalized spacial score (nSPS) is 31.1. The maximum Gasteiger partial charge on any atom is 0.233 e. The van der Waals surface area contributed by atoms with Gasteiger partial charge in [0.25, 0.3) is 0 Å². The number of hydrogen-bond acceptors (Lipinski definition) is 6. The third-order valence-corrected chi connectivity index (χ3v) is 3.84. The molecule has 0 amide bonds. The van der Waals surface area contributed by atoms with Crippen LogP contribution in [0.4, 0.5) is 0 Å². The number of nitrogens with zero attached hydrogens (tertiary/aromatic N) is 2. The Morgan fingerprint density at radius 2 is 2.21 bits per heavy atom. The fourth-order valence-electron chi connectivity index (χ4n) is 2.76. The molecule has 0 aromatic carbocycles. The number of nitrogens with one attached hydrogen (secondary N) is 1. The molecule has 2 fully saturated rings. The topological polar surface area (TPSA) is 69.4 Å². The molecule has 6 heteroatoms. The lowest BCUT2D eigenvalue weighted by Crippen LogP contribution is -2.34. The Kier molecular flexibility index (Phi) is 4.10. The summed E-state index contributed by atoms with van der Waals surface area (Å²) in [6.07, 6.45) is 1.94. The van der Waals surface area contributed by atoms with E-state index < -0.39 is 0 Å². The minimum absolute atomic E-state index is 0.182. The molecule has 2 saturated heterocycles. The minimum atomic E-state index is 0.182. The van der Waals surface area contributed by atoms with Crippen LogP contribution in [0.5, 0.6) is 0 Å². The van der Waals surface area contributed by atoms with Crippen LogP contribution in [0.15, 0.2) is 4.52 Å².